The summed E-state index contributed by atoms with van der Waals surface area (Å²) in [6.45, 7) is 4.67. The molecule has 1 unspecified atom stereocenters. The Morgan fingerprint density at radius 2 is 1.30 bits per heavy atom. The lowest BCUT2D eigenvalue weighted by Gasteiger charge is -2.22. The normalized spacial score (nSPS) is 12.6. The highest BCUT2D eigenvalue weighted by atomic mass is 14.2. The number of hydrogen-bond acceptors (Lipinski definition) is 0. The molecule has 1 atom stereocenters. The van der Waals surface area contributed by atoms with Gasteiger partial charge in [-0.25, -0.2) is 0 Å². The summed E-state index contributed by atoms with van der Waals surface area (Å²) in [4.78, 5) is 0. The predicted octanol–water partition coefficient (Wildman–Crippen LogP) is 6.03. The summed E-state index contributed by atoms with van der Waals surface area (Å²) in [5.74, 6) is 1.31. The van der Waals surface area contributed by atoms with Gasteiger partial charge < -0.3 is 0 Å². The smallest absolute Gasteiger partial charge is 0.00918 e. The zero-order chi connectivity index (χ0) is 14.2. The summed E-state index contributed by atoms with van der Waals surface area (Å²) >= 11 is 0. The van der Waals surface area contributed by atoms with Crippen LogP contribution in [0.2, 0.25) is 0 Å². The van der Waals surface area contributed by atoms with E-state index < -0.39 is 0 Å². The molecule has 20 heavy (non-hydrogen) atoms. The number of rotatable bonds is 7. The first-order valence-corrected chi connectivity index (χ1v) is 7.91. The highest BCUT2D eigenvalue weighted by molar-refractivity contribution is 5.32. The average Bonchev–Trinajstić information content (AvgIpc) is 2.52. The van der Waals surface area contributed by atoms with Crippen LogP contribution < -0.4 is 0 Å². The maximum atomic E-state index is 2.40. The first-order valence-electron chi connectivity index (χ1n) is 7.91. The molecule has 0 N–H and O–H groups in total. The van der Waals surface area contributed by atoms with Gasteiger partial charge in [0.2, 0.25) is 0 Å². The standard InChI is InChI=1S/C20H26/c1-3-4-11-17(2)16-20(18-12-7-5-8-13-18)19-14-9-6-10-15-19/h5-10,12-15,17,20H,3-4,11,16H2,1-2H3. The fraction of sp³-hybridized carbons (Fsp3) is 0.400. The van der Waals surface area contributed by atoms with E-state index >= 15 is 0 Å². The first kappa shape index (κ1) is 14.8. The maximum Gasteiger partial charge on any atom is 0.00918 e. The molecule has 0 fully saturated rings. The van der Waals surface area contributed by atoms with Gasteiger partial charge in [-0.1, -0.05) is 93.8 Å². The molecule has 0 heterocycles. The van der Waals surface area contributed by atoms with Crippen LogP contribution >= 0.6 is 0 Å². The Labute approximate surface area is 123 Å². The average molecular weight is 266 g/mol. The van der Waals surface area contributed by atoms with Crippen molar-refractivity contribution in [2.24, 2.45) is 5.92 Å². The predicted molar refractivity (Wildman–Crippen MR) is 88.0 cm³/mol. The number of benzene rings is 2. The number of hydrogen-bond donors (Lipinski definition) is 0. The summed E-state index contributed by atoms with van der Waals surface area (Å²) in [5, 5.41) is 0. The summed E-state index contributed by atoms with van der Waals surface area (Å²) in [7, 11) is 0. The van der Waals surface area contributed by atoms with E-state index in [9.17, 15) is 0 Å². The van der Waals surface area contributed by atoms with E-state index in [0.29, 0.717) is 5.92 Å². The molecular weight excluding hydrogens is 240 g/mol. The van der Waals surface area contributed by atoms with E-state index in [0.717, 1.165) is 5.92 Å². The zero-order valence-electron chi connectivity index (χ0n) is 12.8. The van der Waals surface area contributed by atoms with Crippen molar-refractivity contribution in [2.45, 2.75) is 45.4 Å². The third-order valence-electron chi connectivity index (χ3n) is 4.09. The van der Waals surface area contributed by atoms with Crippen molar-refractivity contribution < 1.29 is 0 Å². The second kappa shape index (κ2) is 7.89. The van der Waals surface area contributed by atoms with E-state index in [1.54, 1.807) is 0 Å². The highest BCUT2D eigenvalue weighted by Gasteiger charge is 2.16. The van der Waals surface area contributed by atoms with Gasteiger partial charge in [0.25, 0.3) is 0 Å². The summed E-state index contributed by atoms with van der Waals surface area (Å²) in [6, 6.07) is 21.9. The quantitative estimate of drug-likeness (QED) is 0.573. The van der Waals surface area contributed by atoms with Crippen LogP contribution in [-0.2, 0) is 0 Å². The molecule has 0 aromatic heterocycles. The van der Waals surface area contributed by atoms with Crippen LogP contribution in [-0.4, -0.2) is 0 Å². The SMILES string of the molecule is CCCCC(C)CC(c1ccccc1)c1ccccc1. The largest absolute Gasteiger partial charge is 0.0654 e. The Hall–Kier alpha value is -1.56. The maximum absolute atomic E-state index is 2.40. The molecule has 106 valence electrons. The van der Waals surface area contributed by atoms with Crippen molar-refractivity contribution in [3.63, 3.8) is 0 Å². The van der Waals surface area contributed by atoms with Gasteiger partial charge in [0.1, 0.15) is 0 Å². The molecule has 0 spiro atoms. The van der Waals surface area contributed by atoms with Crippen LogP contribution in [0.5, 0.6) is 0 Å². The second-order valence-electron chi connectivity index (χ2n) is 5.86. The van der Waals surface area contributed by atoms with Crippen LogP contribution in [0.3, 0.4) is 0 Å². The Morgan fingerprint density at radius 3 is 1.75 bits per heavy atom. The zero-order valence-corrected chi connectivity index (χ0v) is 12.8. The molecule has 0 bridgehead atoms. The van der Waals surface area contributed by atoms with E-state index in [1.807, 2.05) is 0 Å². The molecule has 0 saturated carbocycles. The molecule has 0 saturated heterocycles. The molecular formula is C20H26. The highest BCUT2D eigenvalue weighted by Crippen LogP contribution is 2.32. The topological polar surface area (TPSA) is 0 Å². The summed E-state index contributed by atoms with van der Waals surface area (Å²) in [5.41, 5.74) is 2.89. The molecule has 2 rings (SSSR count). The fourth-order valence-electron chi connectivity index (χ4n) is 2.91. The molecule has 0 aliphatic rings. The van der Waals surface area contributed by atoms with E-state index in [-0.39, 0.29) is 0 Å². The lowest BCUT2D eigenvalue weighted by molar-refractivity contribution is 0.448. The third kappa shape index (κ3) is 4.23. The van der Waals surface area contributed by atoms with Gasteiger partial charge in [0.15, 0.2) is 0 Å². The van der Waals surface area contributed by atoms with Crippen LogP contribution in [0.15, 0.2) is 60.7 Å². The van der Waals surface area contributed by atoms with Crippen LogP contribution in [0, 0.1) is 5.92 Å². The minimum atomic E-state index is 0.532. The number of unbranched alkanes of at least 4 members (excludes halogenated alkanes) is 1. The molecule has 0 nitrogen and oxygen atoms in total. The van der Waals surface area contributed by atoms with Crippen LogP contribution in [0.25, 0.3) is 0 Å². The van der Waals surface area contributed by atoms with Crippen LogP contribution in [0.1, 0.15) is 56.6 Å². The summed E-state index contributed by atoms with van der Waals surface area (Å²) in [6.07, 6.45) is 5.23. The lowest BCUT2D eigenvalue weighted by atomic mass is 9.83. The Balaban J connectivity index is 2.17. The Kier molecular flexibility index (Phi) is 5.86. The van der Waals surface area contributed by atoms with Crippen molar-refractivity contribution in [2.75, 3.05) is 0 Å². The van der Waals surface area contributed by atoms with Gasteiger partial charge in [-0.05, 0) is 23.5 Å². The second-order valence-corrected chi connectivity index (χ2v) is 5.86. The molecule has 0 amide bonds. The summed E-state index contributed by atoms with van der Waals surface area (Å²) < 4.78 is 0. The van der Waals surface area contributed by atoms with Crippen molar-refractivity contribution in [1.82, 2.24) is 0 Å². The Morgan fingerprint density at radius 1 is 0.800 bits per heavy atom. The molecule has 2 aromatic carbocycles. The Bertz CT molecular complexity index is 432. The fourth-order valence-corrected chi connectivity index (χ4v) is 2.91. The van der Waals surface area contributed by atoms with Gasteiger partial charge in [-0.3, -0.25) is 0 Å². The minimum absolute atomic E-state index is 0.532. The van der Waals surface area contributed by atoms with Gasteiger partial charge >= 0.3 is 0 Å². The third-order valence-corrected chi connectivity index (χ3v) is 4.09. The monoisotopic (exact) mass is 266 g/mol. The van der Waals surface area contributed by atoms with Gasteiger partial charge in [-0.2, -0.15) is 0 Å². The molecule has 0 aliphatic carbocycles. The van der Waals surface area contributed by atoms with Crippen molar-refractivity contribution >= 4 is 0 Å². The lowest BCUT2D eigenvalue weighted by Crippen LogP contribution is -2.07. The van der Waals surface area contributed by atoms with Crippen molar-refractivity contribution in [3.8, 4) is 0 Å². The van der Waals surface area contributed by atoms with Gasteiger partial charge in [0, 0.05) is 5.92 Å². The van der Waals surface area contributed by atoms with Crippen molar-refractivity contribution in [1.29, 1.82) is 0 Å². The first-order chi connectivity index (χ1) is 9.81. The van der Waals surface area contributed by atoms with Crippen molar-refractivity contribution in [3.05, 3.63) is 71.8 Å². The van der Waals surface area contributed by atoms with E-state index in [2.05, 4.69) is 74.5 Å². The molecule has 0 aliphatic heterocycles. The van der Waals surface area contributed by atoms with Gasteiger partial charge in [-0.15, -0.1) is 0 Å². The molecule has 0 heteroatoms. The van der Waals surface area contributed by atoms with Crippen LogP contribution in [0.4, 0.5) is 0 Å². The van der Waals surface area contributed by atoms with Gasteiger partial charge in [0.05, 0.1) is 0 Å². The molecule has 0 radical (unpaired) electrons. The minimum Gasteiger partial charge on any atom is -0.0654 e. The van der Waals surface area contributed by atoms with E-state index in [4.69, 9.17) is 0 Å². The van der Waals surface area contributed by atoms with E-state index in [1.165, 1.54) is 36.8 Å². The molecule has 2 aromatic rings.